The minimum Gasteiger partial charge on any atom is -0.459 e. The van der Waals surface area contributed by atoms with Crippen LogP contribution in [-0.2, 0) is 6.54 Å². The molecule has 0 aliphatic carbocycles. The van der Waals surface area contributed by atoms with E-state index in [9.17, 15) is 9.59 Å². The molecular weight excluding hydrogens is 304 g/mol. The van der Waals surface area contributed by atoms with Crippen LogP contribution >= 0.6 is 0 Å². The van der Waals surface area contributed by atoms with Crippen molar-refractivity contribution in [2.45, 2.75) is 6.54 Å². The number of nitrogens with one attached hydrogen (secondary N) is 1. The number of hydrogen-bond donors (Lipinski definition) is 1. The van der Waals surface area contributed by atoms with Crippen LogP contribution in [0.25, 0.3) is 0 Å². The molecule has 0 saturated carbocycles. The lowest BCUT2D eigenvalue weighted by Crippen LogP contribution is -2.22. The predicted molar refractivity (Wildman–Crippen MR) is 90.1 cm³/mol. The Morgan fingerprint density at radius 3 is 2.50 bits per heavy atom. The van der Waals surface area contributed by atoms with Gasteiger partial charge in [-0.15, -0.1) is 0 Å². The second-order valence-electron chi connectivity index (χ2n) is 5.53. The van der Waals surface area contributed by atoms with Gasteiger partial charge in [-0.25, -0.2) is 0 Å². The molecule has 0 fully saturated rings. The zero-order valence-corrected chi connectivity index (χ0v) is 12.7. The minimum absolute atomic E-state index is 0.00188. The zero-order chi connectivity index (χ0) is 16.5. The summed E-state index contributed by atoms with van der Waals surface area (Å²) in [6, 6.07) is 18.1. The van der Waals surface area contributed by atoms with Crippen LogP contribution in [0.1, 0.15) is 26.5 Å². The van der Waals surface area contributed by atoms with Gasteiger partial charge >= 0.3 is 0 Å². The first-order valence-corrected chi connectivity index (χ1v) is 7.57. The number of carbonyl (C=O) groups is 2. The van der Waals surface area contributed by atoms with Gasteiger partial charge in [0.1, 0.15) is 0 Å². The van der Waals surface area contributed by atoms with Crippen molar-refractivity contribution in [2.24, 2.45) is 0 Å². The smallest absolute Gasteiger partial charge is 0.291 e. The quantitative estimate of drug-likeness (QED) is 0.801. The number of benzene rings is 2. The molecule has 0 bridgehead atoms. The fourth-order valence-corrected chi connectivity index (χ4v) is 2.79. The maximum atomic E-state index is 12.5. The van der Waals surface area contributed by atoms with Crippen LogP contribution in [0, 0.1) is 0 Å². The molecule has 3 aromatic rings. The summed E-state index contributed by atoms with van der Waals surface area (Å²) in [6.07, 6.45) is 1.45. The monoisotopic (exact) mass is 318 g/mol. The molecule has 1 aromatic heterocycles. The van der Waals surface area contributed by atoms with E-state index in [1.54, 1.807) is 29.2 Å². The molecule has 1 aliphatic rings. The first-order valence-electron chi connectivity index (χ1n) is 7.57. The molecule has 2 amide bonds. The van der Waals surface area contributed by atoms with Gasteiger partial charge in [0.05, 0.1) is 12.8 Å². The molecule has 0 saturated heterocycles. The van der Waals surface area contributed by atoms with Crippen LogP contribution in [0.2, 0.25) is 0 Å². The van der Waals surface area contributed by atoms with Gasteiger partial charge in [-0.3, -0.25) is 9.59 Å². The number of rotatable bonds is 3. The Morgan fingerprint density at radius 1 is 1.00 bits per heavy atom. The van der Waals surface area contributed by atoms with Gasteiger partial charge in [-0.1, -0.05) is 18.2 Å². The van der Waals surface area contributed by atoms with E-state index in [2.05, 4.69) is 5.32 Å². The maximum absolute atomic E-state index is 12.5. The average Bonchev–Trinajstić information content (AvgIpc) is 3.25. The Morgan fingerprint density at radius 2 is 1.79 bits per heavy atom. The highest BCUT2D eigenvalue weighted by atomic mass is 16.3. The largest absolute Gasteiger partial charge is 0.459 e. The second kappa shape index (κ2) is 5.70. The molecule has 4 rings (SSSR count). The fourth-order valence-electron chi connectivity index (χ4n) is 2.79. The Balaban J connectivity index is 1.51. The fraction of sp³-hybridized carbons (Fsp3) is 0.0526. The molecule has 5 nitrogen and oxygen atoms in total. The lowest BCUT2D eigenvalue weighted by Gasteiger charge is -2.16. The van der Waals surface area contributed by atoms with Gasteiger partial charge < -0.3 is 14.6 Å². The number of furan rings is 1. The van der Waals surface area contributed by atoms with Crippen molar-refractivity contribution < 1.29 is 14.0 Å². The standard InChI is InChI=1S/C19H14N2O3/c22-18(17-6-3-11-24-17)20-14-7-9-15(10-8-14)21-12-13-4-1-2-5-16(13)19(21)23/h1-11H,12H2,(H,20,22). The summed E-state index contributed by atoms with van der Waals surface area (Å²) in [4.78, 5) is 26.1. The van der Waals surface area contributed by atoms with Gasteiger partial charge in [-0.2, -0.15) is 0 Å². The van der Waals surface area contributed by atoms with Gasteiger partial charge in [0.2, 0.25) is 0 Å². The van der Waals surface area contributed by atoms with Crippen LogP contribution in [0.15, 0.2) is 71.3 Å². The maximum Gasteiger partial charge on any atom is 0.291 e. The summed E-state index contributed by atoms with van der Waals surface area (Å²) in [5.74, 6) is -0.0559. The Hall–Kier alpha value is -3.34. The van der Waals surface area contributed by atoms with Crippen LogP contribution in [0.3, 0.4) is 0 Å². The van der Waals surface area contributed by atoms with Crippen molar-refractivity contribution in [1.29, 1.82) is 0 Å². The molecule has 24 heavy (non-hydrogen) atoms. The van der Waals surface area contributed by atoms with Crippen LogP contribution in [0.5, 0.6) is 0 Å². The van der Waals surface area contributed by atoms with E-state index in [1.165, 1.54) is 6.26 Å². The van der Waals surface area contributed by atoms with E-state index >= 15 is 0 Å². The SMILES string of the molecule is O=C(Nc1ccc(N2Cc3ccccc3C2=O)cc1)c1ccco1. The molecule has 0 radical (unpaired) electrons. The molecule has 118 valence electrons. The topological polar surface area (TPSA) is 62.6 Å². The normalized spacial score (nSPS) is 13.0. The zero-order valence-electron chi connectivity index (χ0n) is 12.7. The summed E-state index contributed by atoms with van der Waals surface area (Å²) in [5.41, 5.74) is 3.21. The van der Waals surface area contributed by atoms with Crippen molar-refractivity contribution in [3.05, 3.63) is 83.8 Å². The summed E-state index contributed by atoms with van der Waals surface area (Å²) < 4.78 is 5.06. The summed E-state index contributed by atoms with van der Waals surface area (Å²) >= 11 is 0. The molecule has 0 unspecified atom stereocenters. The third-order valence-corrected chi connectivity index (χ3v) is 4.00. The molecule has 5 heteroatoms. The Labute approximate surface area is 138 Å². The van der Waals surface area contributed by atoms with E-state index < -0.39 is 0 Å². The number of fused-ring (bicyclic) bond motifs is 1. The van der Waals surface area contributed by atoms with Crippen LogP contribution in [0.4, 0.5) is 11.4 Å². The summed E-state index contributed by atoms with van der Waals surface area (Å²) in [5, 5.41) is 2.75. The van der Waals surface area contributed by atoms with Crippen molar-refractivity contribution in [3.8, 4) is 0 Å². The molecule has 1 N–H and O–H groups in total. The highest BCUT2D eigenvalue weighted by molar-refractivity contribution is 6.10. The molecule has 2 heterocycles. The number of hydrogen-bond acceptors (Lipinski definition) is 3. The van der Waals surface area contributed by atoms with Crippen molar-refractivity contribution in [1.82, 2.24) is 0 Å². The lowest BCUT2D eigenvalue weighted by molar-refractivity contribution is 0.0988. The predicted octanol–water partition coefficient (Wildman–Crippen LogP) is 3.69. The number of anilines is 2. The molecule has 1 aliphatic heterocycles. The third kappa shape index (κ3) is 2.46. The van der Waals surface area contributed by atoms with Crippen molar-refractivity contribution in [3.63, 3.8) is 0 Å². The minimum atomic E-state index is -0.308. The van der Waals surface area contributed by atoms with Gasteiger partial charge in [-0.05, 0) is 48.0 Å². The first-order chi connectivity index (χ1) is 11.7. The van der Waals surface area contributed by atoms with Gasteiger partial charge in [0, 0.05) is 16.9 Å². The average molecular weight is 318 g/mol. The Kier molecular flexibility index (Phi) is 3.39. The molecule has 2 aromatic carbocycles. The number of nitrogens with zero attached hydrogens (tertiary/aromatic N) is 1. The van der Waals surface area contributed by atoms with Crippen LogP contribution < -0.4 is 10.2 Å². The number of amides is 2. The van der Waals surface area contributed by atoms with Gasteiger partial charge in [0.25, 0.3) is 11.8 Å². The lowest BCUT2D eigenvalue weighted by atomic mass is 10.1. The van der Waals surface area contributed by atoms with E-state index in [0.29, 0.717) is 12.2 Å². The number of carbonyl (C=O) groups excluding carboxylic acids is 2. The highest BCUT2D eigenvalue weighted by Crippen LogP contribution is 2.28. The van der Waals surface area contributed by atoms with E-state index in [-0.39, 0.29) is 17.6 Å². The van der Waals surface area contributed by atoms with E-state index in [4.69, 9.17) is 4.42 Å². The van der Waals surface area contributed by atoms with E-state index in [1.807, 2.05) is 36.4 Å². The second-order valence-corrected chi connectivity index (χ2v) is 5.53. The van der Waals surface area contributed by atoms with Crippen molar-refractivity contribution >= 4 is 23.2 Å². The summed E-state index contributed by atoms with van der Waals surface area (Å²) in [6.45, 7) is 0.563. The highest BCUT2D eigenvalue weighted by Gasteiger charge is 2.27. The molecule has 0 spiro atoms. The third-order valence-electron chi connectivity index (χ3n) is 4.00. The summed E-state index contributed by atoms with van der Waals surface area (Å²) in [7, 11) is 0. The van der Waals surface area contributed by atoms with Crippen LogP contribution in [-0.4, -0.2) is 11.8 Å². The first kappa shape index (κ1) is 14.3. The molecular formula is C19H14N2O3. The van der Waals surface area contributed by atoms with E-state index in [0.717, 1.165) is 16.8 Å². The molecule has 0 atom stereocenters. The van der Waals surface area contributed by atoms with Gasteiger partial charge in [0.15, 0.2) is 5.76 Å². The Bertz CT molecular complexity index is 899. The van der Waals surface area contributed by atoms with Crippen molar-refractivity contribution in [2.75, 3.05) is 10.2 Å².